The molecule has 0 rings (SSSR count). The van der Waals surface area contributed by atoms with Crippen molar-refractivity contribution in [3.05, 3.63) is 0 Å². The highest BCUT2D eigenvalue weighted by Gasteiger charge is 2.29. The van der Waals surface area contributed by atoms with Crippen LogP contribution in [-0.4, -0.2) is 34.2 Å². The third kappa shape index (κ3) is 4.76. The Labute approximate surface area is 93.8 Å². The van der Waals surface area contributed by atoms with Gasteiger partial charge >= 0.3 is 11.9 Å². The van der Waals surface area contributed by atoms with Crippen molar-refractivity contribution < 1.29 is 19.4 Å². The number of carboxylic acids is 1. The van der Waals surface area contributed by atoms with Gasteiger partial charge in [-0.3, -0.25) is 9.59 Å². The van der Waals surface area contributed by atoms with Crippen LogP contribution in [0.25, 0.3) is 0 Å². The molecule has 0 radical (unpaired) electrons. The summed E-state index contributed by atoms with van der Waals surface area (Å²) in [4.78, 5) is 21.6. The van der Waals surface area contributed by atoms with Gasteiger partial charge in [-0.15, -0.1) is 0 Å². The maximum absolute atomic E-state index is 11.2. The second-order valence-corrected chi connectivity index (χ2v) is 4.36. The molecule has 0 bridgehead atoms. The van der Waals surface area contributed by atoms with Crippen molar-refractivity contribution in [3.8, 4) is 0 Å². The van der Waals surface area contributed by atoms with E-state index in [0.29, 0.717) is 0 Å². The van der Waals surface area contributed by atoms with Crippen LogP contribution in [0.2, 0.25) is 0 Å². The first-order valence-electron chi connectivity index (χ1n) is 4.11. The van der Waals surface area contributed by atoms with Crippen molar-refractivity contribution in [1.82, 2.24) is 0 Å². The summed E-state index contributed by atoms with van der Waals surface area (Å²) in [5.74, 6) is -1.62. The molecule has 0 fully saturated rings. The maximum Gasteiger partial charge on any atom is 0.320 e. The molecule has 0 aromatic heterocycles. The van der Waals surface area contributed by atoms with E-state index in [9.17, 15) is 9.59 Å². The number of carbonyl (C=O) groups excluding carboxylic acids is 1. The zero-order chi connectivity index (χ0) is 11.3. The predicted molar refractivity (Wildman–Crippen MR) is 59.0 cm³/mol. The Balaban J connectivity index is 4.05. The minimum absolute atomic E-state index is 0.211. The molecule has 0 unspecified atom stereocenters. The molecule has 0 aliphatic rings. The molecule has 4 nitrogen and oxygen atoms in total. The van der Waals surface area contributed by atoms with Crippen molar-refractivity contribution in [2.75, 3.05) is 6.61 Å². The number of rotatable bonds is 5. The van der Waals surface area contributed by atoms with E-state index in [1.54, 1.807) is 0 Å². The van der Waals surface area contributed by atoms with E-state index in [2.05, 4.69) is 25.3 Å². The highest BCUT2D eigenvalue weighted by atomic mass is 32.1. The van der Waals surface area contributed by atoms with Crippen LogP contribution in [0.1, 0.15) is 13.8 Å². The first-order valence-corrected chi connectivity index (χ1v) is 5.15. The van der Waals surface area contributed by atoms with Gasteiger partial charge in [0.2, 0.25) is 0 Å². The first-order chi connectivity index (χ1) is 6.36. The third-order valence-corrected chi connectivity index (χ3v) is 2.62. The van der Waals surface area contributed by atoms with Crippen LogP contribution in [0.3, 0.4) is 0 Å². The largest absolute Gasteiger partial charge is 0.480 e. The summed E-state index contributed by atoms with van der Waals surface area (Å²) in [6.45, 7) is 4.03. The molecule has 14 heavy (non-hydrogen) atoms. The summed E-state index contributed by atoms with van der Waals surface area (Å²) >= 11 is 7.56. The minimum Gasteiger partial charge on any atom is -0.480 e. The fourth-order valence-electron chi connectivity index (χ4n) is 0.598. The van der Waals surface area contributed by atoms with Gasteiger partial charge in [0.05, 0.1) is 6.61 Å². The Morgan fingerprint density at radius 1 is 1.29 bits per heavy atom. The van der Waals surface area contributed by atoms with Crippen LogP contribution in [0.4, 0.5) is 0 Å². The maximum atomic E-state index is 11.2. The molecule has 6 heteroatoms. The fraction of sp³-hybridized carbons (Fsp3) is 0.750. The van der Waals surface area contributed by atoms with Crippen LogP contribution >= 0.6 is 25.3 Å². The summed E-state index contributed by atoms with van der Waals surface area (Å²) in [7, 11) is 0. The highest BCUT2D eigenvalue weighted by molar-refractivity contribution is 7.86. The lowest BCUT2D eigenvalue weighted by atomic mass is 10.2. The molecular weight excluding hydrogens is 224 g/mol. The molecule has 0 saturated heterocycles. The van der Waals surface area contributed by atoms with E-state index in [4.69, 9.17) is 9.84 Å². The third-order valence-electron chi connectivity index (χ3n) is 1.35. The monoisotopic (exact) mass is 238 g/mol. The highest BCUT2D eigenvalue weighted by Crippen LogP contribution is 2.11. The average molecular weight is 238 g/mol. The van der Waals surface area contributed by atoms with Gasteiger partial charge in [0, 0.05) is 0 Å². The van der Waals surface area contributed by atoms with Gasteiger partial charge in [0.1, 0.15) is 10.5 Å². The molecule has 0 aliphatic heterocycles. The van der Waals surface area contributed by atoms with Gasteiger partial charge in [-0.25, -0.2) is 0 Å². The molecule has 0 amide bonds. The van der Waals surface area contributed by atoms with E-state index in [0.717, 1.165) is 0 Å². The fourth-order valence-corrected chi connectivity index (χ4v) is 0.922. The van der Waals surface area contributed by atoms with Crippen molar-refractivity contribution in [2.45, 2.75) is 24.3 Å². The van der Waals surface area contributed by atoms with Gasteiger partial charge in [-0.05, 0) is 5.92 Å². The summed E-state index contributed by atoms with van der Waals surface area (Å²) in [5, 5.41) is 6.37. The number of hydrogen-bond acceptors (Lipinski definition) is 5. The second-order valence-electron chi connectivity index (χ2n) is 3.25. The molecule has 0 saturated carbocycles. The van der Waals surface area contributed by atoms with Crippen LogP contribution < -0.4 is 0 Å². The Morgan fingerprint density at radius 2 is 1.79 bits per heavy atom. The number of carboxylic acid groups (broad SMARTS) is 1. The smallest absolute Gasteiger partial charge is 0.320 e. The molecule has 0 aromatic carbocycles. The Hall–Kier alpha value is -0.360. The molecular formula is C8H14O4S2. The van der Waals surface area contributed by atoms with Crippen LogP contribution in [-0.2, 0) is 14.3 Å². The van der Waals surface area contributed by atoms with Gasteiger partial charge in [-0.1, -0.05) is 13.8 Å². The standard InChI is InChI=1S/C8H14O4S2/c1-4(2)3-12-8(11)6(14)5(13)7(9)10/h4-6,13-14H,3H2,1-2H3,(H,9,10)/t5-,6-/m0/s1. The second kappa shape index (κ2) is 6.19. The van der Waals surface area contributed by atoms with E-state index in [1.807, 2.05) is 13.8 Å². The predicted octanol–water partition coefficient (Wildman–Crippen LogP) is 0.867. The number of carbonyl (C=O) groups is 2. The Kier molecular flexibility index (Phi) is 6.03. The first kappa shape index (κ1) is 13.6. The van der Waals surface area contributed by atoms with Crippen molar-refractivity contribution in [1.29, 1.82) is 0 Å². The topological polar surface area (TPSA) is 63.6 Å². The van der Waals surface area contributed by atoms with Gasteiger partial charge in [0.15, 0.2) is 0 Å². The van der Waals surface area contributed by atoms with Crippen LogP contribution in [0.15, 0.2) is 0 Å². The van der Waals surface area contributed by atoms with Crippen molar-refractivity contribution in [2.24, 2.45) is 5.92 Å². The number of esters is 1. The quantitative estimate of drug-likeness (QED) is 0.491. The normalized spacial score (nSPS) is 14.9. The van der Waals surface area contributed by atoms with Crippen LogP contribution in [0.5, 0.6) is 0 Å². The molecule has 0 aliphatic carbocycles. The lowest BCUT2D eigenvalue weighted by Gasteiger charge is -2.14. The molecule has 0 spiro atoms. The zero-order valence-corrected chi connectivity index (χ0v) is 9.79. The number of hydrogen-bond donors (Lipinski definition) is 3. The lowest BCUT2D eigenvalue weighted by molar-refractivity contribution is -0.147. The summed E-state index contributed by atoms with van der Waals surface area (Å²) in [6.07, 6.45) is 0. The number of thiol groups is 2. The summed E-state index contributed by atoms with van der Waals surface area (Å²) < 4.78 is 4.81. The average Bonchev–Trinajstić information content (AvgIpc) is 2.11. The Morgan fingerprint density at radius 3 is 2.14 bits per heavy atom. The molecule has 0 heterocycles. The lowest BCUT2D eigenvalue weighted by Crippen LogP contribution is -2.33. The van der Waals surface area contributed by atoms with Crippen LogP contribution in [0, 0.1) is 5.92 Å². The molecule has 1 N–H and O–H groups in total. The molecule has 0 aromatic rings. The summed E-state index contributed by atoms with van der Waals surface area (Å²) in [6, 6.07) is 0. The van der Waals surface area contributed by atoms with E-state index in [1.165, 1.54) is 0 Å². The van der Waals surface area contributed by atoms with E-state index < -0.39 is 22.4 Å². The zero-order valence-electron chi connectivity index (χ0n) is 8.01. The number of aliphatic carboxylic acids is 1. The molecule has 82 valence electrons. The van der Waals surface area contributed by atoms with Gasteiger partial charge in [0.25, 0.3) is 0 Å². The van der Waals surface area contributed by atoms with Crippen molar-refractivity contribution in [3.63, 3.8) is 0 Å². The van der Waals surface area contributed by atoms with Crippen molar-refractivity contribution >= 4 is 37.2 Å². The van der Waals surface area contributed by atoms with E-state index >= 15 is 0 Å². The molecule has 2 atom stereocenters. The number of ether oxygens (including phenoxy) is 1. The van der Waals surface area contributed by atoms with Gasteiger partial charge in [-0.2, -0.15) is 25.3 Å². The van der Waals surface area contributed by atoms with E-state index in [-0.39, 0.29) is 12.5 Å². The van der Waals surface area contributed by atoms with Gasteiger partial charge < -0.3 is 9.84 Å². The Bertz CT molecular complexity index is 217. The SMILES string of the molecule is CC(C)COC(=O)[C@@H](S)[C@H](S)C(=O)O. The summed E-state index contributed by atoms with van der Waals surface area (Å²) in [5.41, 5.74) is 0. The minimum atomic E-state index is -1.19.